The van der Waals surface area contributed by atoms with Crippen molar-refractivity contribution in [3.05, 3.63) is 107 Å². The lowest BCUT2D eigenvalue weighted by molar-refractivity contribution is -0.136. The summed E-state index contributed by atoms with van der Waals surface area (Å²) >= 11 is 0. The second-order valence-electron chi connectivity index (χ2n) is 8.09. The molecule has 4 rings (SSSR count). The second-order valence-corrected chi connectivity index (χ2v) is 8.09. The highest BCUT2D eigenvalue weighted by atomic mass is 19.4. The number of benzene rings is 3. The number of aryl methyl sites for hydroxylation is 1. The first kappa shape index (κ1) is 25.5. The molecule has 1 aromatic heterocycles. The van der Waals surface area contributed by atoms with E-state index in [1.165, 1.54) is 23.0 Å². The Morgan fingerprint density at radius 1 is 1.00 bits per heavy atom. The monoisotopic (exact) mass is 507 g/mol. The summed E-state index contributed by atoms with van der Waals surface area (Å²) < 4.78 is 43.1. The van der Waals surface area contributed by atoms with Crippen molar-refractivity contribution in [2.24, 2.45) is 16.8 Å². The van der Waals surface area contributed by atoms with E-state index in [4.69, 9.17) is 11.7 Å². The van der Waals surface area contributed by atoms with Gasteiger partial charge in [0.2, 0.25) is 0 Å². The zero-order valence-electron chi connectivity index (χ0n) is 19.5. The normalized spacial score (nSPS) is 11.8. The van der Waals surface area contributed by atoms with Gasteiger partial charge in [0.05, 0.1) is 11.3 Å². The minimum absolute atomic E-state index is 0.234. The summed E-state index contributed by atoms with van der Waals surface area (Å²) in [5, 5.41) is 6.12. The number of nitrogens with one attached hydrogen (secondary N) is 2. The van der Waals surface area contributed by atoms with Gasteiger partial charge in [0, 0.05) is 24.5 Å². The van der Waals surface area contributed by atoms with Gasteiger partial charge in [-0.2, -0.15) is 18.3 Å². The number of hydrogen-bond acceptors (Lipinski definition) is 6. The fourth-order valence-corrected chi connectivity index (χ4v) is 3.79. The summed E-state index contributed by atoms with van der Waals surface area (Å²) in [7, 11) is 0. The molecule has 11 heteroatoms. The third-order valence-corrected chi connectivity index (χ3v) is 5.71. The Morgan fingerprint density at radius 3 is 2.38 bits per heavy atom. The Labute approximate surface area is 210 Å². The van der Waals surface area contributed by atoms with Crippen molar-refractivity contribution in [1.29, 1.82) is 0 Å². The highest BCUT2D eigenvalue weighted by molar-refractivity contribution is 5.81. The van der Waals surface area contributed by atoms with Crippen molar-refractivity contribution in [3.8, 4) is 16.8 Å². The van der Waals surface area contributed by atoms with Crippen LogP contribution in [0.3, 0.4) is 0 Å². The molecular weight excluding hydrogens is 483 g/mol. The molecule has 1 heterocycles. The molecule has 0 bridgehead atoms. The molecule has 0 atom stereocenters. The maximum Gasteiger partial charge on any atom is 0.418 e. The smallest absolute Gasteiger partial charge is 0.335 e. The van der Waals surface area contributed by atoms with Crippen molar-refractivity contribution in [2.75, 3.05) is 5.32 Å². The molecular formula is C26H24F3N7O. The Balaban J connectivity index is 1.61. The second kappa shape index (κ2) is 11.0. The van der Waals surface area contributed by atoms with Gasteiger partial charge in [-0.3, -0.25) is 9.36 Å². The van der Waals surface area contributed by atoms with E-state index in [0.29, 0.717) is 35.5 Å². The summed E-state index contributed by atoms with van der Waals surface area (Å²) in [6.07, 6.45) is -0.744. The van der Waals surface area contributed by atoms with Crippen LogP contribution in [0.15, 0.2) is 95.1 Å². The van der Waals surface area contributed by atoms with Gasteiger partial charge in [0.1, 0.15) is 5.84 Å². The summed E-state index contributed by atoms with van der Waals surface area (Å²) in [6.45, 7) is 0. The lowest BCUT2D eigenvalue weighted by Gasteiger charge is -2.16. The first-order valence-electron chi connectivity index (χ1n) is 11.2. The minimum atomic E-state index is -4.65. The minimum Gasteiger partial charge on any atom is -0.335 e. The molecule has 190 valence electrons. The zero-order valence-corrected chi connectivity index (χ0v) is 19.5. The van der Waals surface area contributed by atoms with Crippen LogP contribution in [0.5, 0.6) is 0 Å². The van der Waals surface area contributed by atoms with Gasteiger partial charge in [-0.05, 0) is 47.4 Å². The summed E-state index contributed by atoms with van der Waals surface area (Å²) in [4.78, 5) is 17.1. The number of hydrazone groups is 1. The average Bonchev–Trinajstić information content (AvgIpc) is 2.91. The zero-order chi connectivity index (χ0) is 26.4. The van der Waals surface area contributed by atoms with Crippen molar-refractivity contribution in [3.63, 3.8) is 0 Å². The van der Waals surface area contributed by atoms with Crippen LogP contribution in [0.4, 0.5) is 24.7 Å². The fraction of sp³-hybridized carbons (Fsp3) is 0.115. The van der Waals surface area contributed by atoms with Crippen LogP contribution in [0, 0.1) is 0 Å². The molecule has 0 saturated carbocycles. The lowest BCUT2D eigenvalue weighted by atomic mass is 10.0. The van der Waals surface area contributed by atoms with E-state index in [1.54, 1.807) is 48.5 Å². The quantitative estimate of drug-likeness (QED) is 0.128. The number of hydrazine groups is 1. The van der Waals surface area contributed by atoms with E-state index in [9.17, 15) is 18.0 Å². The van der Waals surface area contributed by atoms with Gasteiger partial charge in [0.15, 0.2) is 5.82 Å². The number of nitrogens with two attached hydrogens (primary N) is 2. The van der Waals surface area contributed by atoms with Crippen molar-refractivity contribution in [2.45, 2.75) is 19.0 Å². The Bertz CT molecular complexity index is 1450. The van der Waals surface area contributed by atoms with Crippen molar-refractivity contribution >= 4 is 17.3 Å². The predicted molar refractivity (Wildman–Crippen MR) is 137 cm³/mol. The average molecular weight is 508 g/mol. The molecule has 0 fully saturated rings. The molecule has 0 amide bonds. The fourth-order valence-electron chi connectivity index (χ4n) is 3.79. The van der Waals surface area contributed by atoms with Crippen LogP contribution in [0.2, 0.25) is 0 Å². The molecule has 0 aliphatic heterocycles. The number of hydrogen-bond donors (Lipinski definition) is 4. The molecule has 6 N–H and O–H groups in total. The van der Waals surface area contributed by atoms with Crippen LogP contribution in [0.25, 0.3) is 16.8 Å². The van der Waals surface area contributed by atoms with Gasteiger partial charge in [-0.25, -0.2) is 10.8 Å². The third kappa shape index (κ3) is 5.96. The van der Waals surface area contributed by atoms with Gasteiger partial charge < -0.3 is 16.6 Å². The maximum absolute atomic E-state index is 13.9. The topological polar surface area (TPSA) is 123 Å². The molecule has 0 aliphatic rings. The number of anilines is 2. The molecule has 3 aromatic carbocycles. The van der Waals surface area contributed by atoms with Gasteiger partial charge in [-0.1, -0.05) is 48.5 Å². The standard InChI is InChI=1S/C26H24F3N7O/c27-26(28,29)21-16-19(18-4-2-1-3-5-18)9-12-22(21)33-24-25(37)36(15-14-32-24)20-10-6-17(7-11-20)8-13-23(34-30)35-31/h1-7,9-12,14-16H,8,13,30-31H2,(H,32,33)(H,34,35). The molecule has 0 aliphatic carbocycles. The summed E-state index contributed by atoms with van der Waals surface area (Å²) in [5.41, 5.74) is 3.18. The van der Waals surface area contributed by atoms with E-state index >= 15 is 0 Å². The molecule has 0 unspecified atom stereocenters. The molecule has 0 spiro atoms. The van der Waals surface area contributed by atoms with Crippen LogP contribution in [-0.4, -0.2) is 15.4 Å². The number of amidine groups is 1. The van der Waals surface area contributed by atoms with Crippen molar-refractivity contribution in [1.82, 2.24) is 15.0 Å². The Kier molecular flexibility index (Phi) is 7.54. The molecule has 37 heavy (non-hydrogen) atoms. The highest BCUT2D eigenvalue weighted by Gasteiger charge is 2.34. The predicted octanol–water partition coefficient (Wildman–Crippen LogP) is 4.33. The van der Waals surface area contributed by atoms with E-state index in [-0.39, 0.29) is 11.5 Å². The number of aromatic nitrogens is 2. The molecule has 8 nitrogen and oxygen atoms in total. The molecule has 4 aromatic rings. The summed E-state index contributed by atoms with van der Waals surface area (Å²) in [5.74, 6) is 10.8. The Morgan fingerprint density at radius 2 is 1.73 bits per heavy atom. The number of nitrogens with zero attached hydrogens (tertiary/aromatic N) is 3. The first-order valence-corrected chi connectivity index (χ1v) is 11.2. The highest BCUT2D eigenvalue weighted by Crippen LogP contribution is 2.38. The van der Waals surface area contributed by atoms with Gasteiger partial charge in [-0.15, -0.1) is 0 Å². The first-order chi connectivity index (χ1) is 17.8. The van der Waals surface area contributed by atoms with Crippen LogP contribution in [-0.2, 0) is 12.6 Å². The van der Waals surface area contributed by atoms with E-state index in [1.807, 2.05) is 12.1 Å². The van der Waals surface area contributed by atoms with E-state index < -0.39 is 17.3 Å². The van der Waals surface area contributed by atoms with Crippen LogP contribution < -0.4 is 28.0 Å². The molecule has 0 radical (unpaired) electrons. The van der Waals surface area contributed by atoms with Gasteiger partial charge in [0.25, 0.3) is 5.56 Å². The molecule has 0 saturated heterocycles. The number of rotatable bonds is 7. The third-order valence-electron chi connectivity index (χ3n) is 5.71. The van der Waals surface area contributed by atoms with Crippen molar-refractivity contribution < 1.29 is 13.2 Å². The van der Waals surface area contributed by atoms with Crippen LogP contribution >= 0.6 is 0 Å². The van der Waals surface area contributed by atoms with Gasteiger partial charge >= 0.3 is 6.18 Å². The summed E-state index contributed by atoms with van der Waals surface area (Å²) in [6, 6.07) is 19.8. The maximum atomic E-state index is 13.9. The largest absolute Gasteiger partial charge is 0.418 e. The van der Waals surface area contributed by atoms with E-state index in [2.05, 4.69) is 20.8 Å². The SMILES string of the molecule is N/N=C(/CCc1ccc(-n2ccnc(Nc3ccc(-c4ccccc4)cc3C(F)(F)F)c2=O)cc1)NN. The number of alkyl halides is 3. The lowest BCUT2D eigenvalue weighted by Crippen LogP contribution is -2.31. The number of halogens is 3. The van der Waals surface area contributed by atoms with Crippen LogP contribution in [0.1, 0.15) is 17.5 Å². The van der Waals surface area contributed by atoms with E-state index in [0.717, 1.165) is 11.6 Å². The Hall–Kier alpha value is -4.64.